The number of hydrogen-bond acceptors (Lipinski definition) is 4. The van der Waals surface area contributed by atoms with Gasteiger partial charge < -0.3 is 21.7 Å². The van der Waals surface area contributed by atoms with Crippen molar-refractivity contribution >= 4 is 12.4 Å². The van der Waals surface area contributed by atoms with E-state index in [0.717, 1.165) is 19.3 Å². The van der Waals surface area contributed by atoms with Gasteiger partial charge in [-0.1, -0.05) is 18.6 Å². The van der Waals surface area contributed by atoms with Crippen LogP contribution in [0.2, 0.25) is 0 Å². The summed E-state index contributed by atoms with van der Waals surface area (Å²) in [6, 6.07) is 4.59. The second-order valence-corrected chi connectivity index (χ2v) is 3.61. The minimum Gasteiger partial charge on any atom is -0.504 e. The molecule has 16 heavy (non-hydrogen) atoms. The molecule has 0 unspecified atom stereocenters. The number of para-hydroxylation sites is 1. The molecule has 0 spiro atoms. The number of nitrogens with two attached hydrogens (primary N) is 2. The van der Waals surface area contributed by atoms with Crippen LogP contribution in [0.1, 0.15) is 30.9 Å². The molecule has 0 saturated carbocycles. The van der Waals surface area contributed by atoms with Gasteiger partial charge in [0.1, 0.15) is 0 Å². The first-order valence-electron chi connectivity index (χ1n) is 5.13. The first kappa shape index (κ1) is 15.0. The molecule has 0 aliphatic rings. The lowest BCUT2D eigenvalue weighted by Crippen LogP contribution is -2.11. The van der Waals surface area contributed by atoms with Crippen molar-refractivity contribution in [2.75, 3.05) is 6.54 Å². The zero-order valence-corrected chi connectivity index (χ0v) is 9.91. The molecular formula is C11H19ClN2O2. The Hall–Kier alpha value is -0.970. The van der Waals surface area contributed by atoms with Gasteiger partial charge in [0.2, 0.25) is 0 Å². The van der Waals surface area contributed by atoms with E-state index < -0.39 is 0 Å². The highest BCUT2D eigenvalue weighted by Crippen LogP contribution is 2.33. The molecule has 1 rings (SSSR count). The van der Waals surface area contributed by atoms with E-state index in [1.54, 1.807) is 12.1 Å². The van der Waals surface area contributed by atoms with Gasteiger partial charge in [-0.05, 0) is 25.5 Å². The molecule has 0 amide bonds. The van der Waals surface area contributed by atoms with Crippen molar-refractivity contribution in [1.29, 1.82) is 0 Å². The second kappa shape index (κ2) is 7.33. The van der Waals surface area contributed by atoms with Crippen molar-refractivity contribution in [2.45, 2.75) is 25.3 Å². The molecule has 1 aromatic carbocycles. The Kier molecular flexibility index (Phi) is 6.88. The Morgan fingerprint density at radius 3 is 2.50 bits per heavy atom. The van der Waals surface area contributed by atoms with Crippen LogP contribution in [-0.2, 0) is 0 Å². The lowest BCUT2D eigenvalue weighted by Gasteiger charge is -2.13. The largest absolute Gasteiger partial charge is 0.504 e. The molecule has 0 fully saturated rings. The summed E-state index contributed by atoms with van der Waals surface area (Å²) in [4.78, 5) is 0. The monoisotopic (exact) mass is 246 g/mol. The van der Waals surface area contributed by atoms with Gasteiger partial charge in [0.15, 0.2) is 11.5 Å². The van der Waals surface area contributed by atoms with Crippen molar-refractivity contribution in [3.63, 3.8) is 0 Å². The maximum absolute atomic E-state index is 9.57. The number of unbranched alkanes of at least 4 members (excludes halogenated alkanes) is 1. The van der Waals surface area contributed by atoms with Gasteiger partial charge in [0.25, 0.3) is 0 Å². The molecule has 0 radical (unpaired) electrons. The van der Waals surface area contributed by atoms with Crippen LogP contribution in [0.5, 0.6) is 11.5 Å². The number of benzene rings is 1. The number of phenols is 2. The molecule has 1 aromatic rings. The predicted octanol–water partition coefficient (Wildman–Crippen LogP) is 1.65. The summed E-state index contributed by atoms with van der Waals surface area (Å²) < 4.78 is 0. The summed E-state index contributed by atoms with van der Waals surface area (Å²) in [5, 5.41) is 18.9. The molecule has 0 aliphatic heterocycles. The van der Waals surface area contributed by atoms with E-state index in [1.807, 2.05) is 0 Å². The van der Waals surface area contributed by atoms with Crippen molar-refractivity contribution in [1.82, 2.24) is 0 Å². The Balaban J connectivity index is 0.00000225. The van der Waals surface area contributed by atoms with Crippen molar-refractivity contribution in [3.05, 3.63) is 23.8 Å². The summed E-state index contributed by atoms with van der Waals surface area (Å²) in [7, 11) is 0. The molecule has 92 valence electrons. The van der Waals surface area contributed by atoms with Crippen LogP contribution in [-0.4, -0.2) is 16.8 Å². The zero-order valence-electron chi connectivity index (χ0n) is 9.10. The Labute approximate surface area is 102 Å². The highest BCUT2D eigenvalue weighted by molar-refractivity contribution is 5.85. The normalized spacial score (nSPS) is 11.9. The third kappa shape index (κ3) is 3.89. The smallest absolute Gasteiger partial charge is 0.162 e. The minimum absolute atomic E-state index is 0. The van der Waals surface area contributed by atoms with Crippen LogP contribution >= 0.6 is 12.4 Å². The Morgan fingerprint density at radius 1 is 1.19 bits per heavy atom. The lowest BCUT2D eigenvalue weighted by molar-refractivity contribution is 0.394. The van der Waals surface area contributed by atoms with E-state index in [4.69, 9.17) is 11.5 Å². The van der Waals surface area contributed by atoms with E-state index in [-0.39, 0.29) is 29.9 Å². The molecule has 0 saturated heterocycles. The summed E-state index contributed by atoms with van der Waals surface area (Å²) in [6.45, 7) is 0.652. The number of phenolic OH excluding ortho intramolecular Hbond substituents is 2. The molecule has 1 atom stereocenters. The fourth-order valence-electron chi connectivity index (χ4n) is 1.51. The SMILES string of the molecule is Cl.NCCCC[C@@H](N)c1cccc(O)c1O. The van der Waals surface area contributed by atoms with Crippen LogP contribution in [0.25, 0.3) is 0 Å². The van der Waals surface area contributed by atoms with Crippen LogP contribution < -0.4 is 11.5 Å². The molecule has 4 nitrogen and oxygen atoms in total. The number of rotatable bonds is 5. The quantitative estimate of drug-likeness (QED) is 0.470. The van der Waals surface area contributed by atoms with Gasteiger partial charge >= 0.3 is 0 Å². The van der Waals surface area contributed by atoms with E-state index in [1.165, 1.54) is 6.07 Å². The van der Waals surface area contributed by atoms with E-state index in [2.05, 4.69) is 0 Å². The van der Waals surface area contributed by atoms with E-state index >= 15 is 0 Å². The van der Waals surface area contributed by atoms with Crippen LogP contribution in [0.4, 0.5) is 0 Å². The number of aromatic hydroxyl groups is 2. The Bertz CT molecular complexity index is 321. The predicted molar refractivity (Wildman–Crippen MR) is 66.9 cm³/mol. The second-order valence-electron chi connectivity index (χ2n) is 3.61. The molecule has 0 heterocycles. The molecule has 0 aromatic heterocycles. The Morgan fingerprint density at radius 2 is 1.88 bits per heavy atom. The van der Waals surface area contributed by atoms with Gasteiger partial charge in [0.05, 0.1) is 0 Å². The van der Waals surface area contributed by atoms with Gasteiger partial charge in [-0.15, -0.1) is 12.4 Å². The van der Waals surface area contributed by atoms with Gasteiger partial charge in [-0.3, -0.25) is 0 Å². The lowest BCUT2D eigenvalue weighted by atomic mass is 10.0. The highest BCUT2D eigenvalue weighted by Gasteiger charge is 2.12. The first-order chi connectivity index (χ1) is 7.16. The van der Waals surface area contributed by atoms with Crippen molar-refractivity contribution in [2.24, 2.45) is 11.5 Å². The summed E-state index contributed by atoms with van der Waals surface area (Å²) >= 11 is 0. The third-order valence-electron chi connectivity index (χ3n) is 2.41. The maximum atomic E-state index is 9.57. The van der Waals surface area contributed by atoms with Crippen LogP contribution in [0, 0.1) is 0 Å². The summed E-state index contributed by atoms with van der Waals surface area (Å²) in [6.07, 6.45) is 2.61. The highest BCUT2D eigenvalue weighted by atomic mass is 35.5. The fraction of sp³-hybridized carbons (Fsp3) is 0.455. The molecule has 5 heteroatoms. The fourth-order valence-corrected chi connectivity index (χ4v) is 1.51. The summed E-state index contributed by atoms with van der Waals surface area (Å²) in [5.74, 6) is -0.237. The number of halogens is 1. The van der Waals surface area contributed by atoms with Gasteiger partial charge in [0, 0.05) is 11.6 Å². The standard InChI is InChI=1S/C11H18N2O2.ClH/c12-7-2-1-5-9(13)8-4-3-6-10(14)11(8)15;/h3-4,6,9,14-15H,1-2,5,7,12-13H2;1H/t9-;/m1./s1. The minimum atomic E-state index is -0.247. The maximum Gasteiger partial charge on any atom is 0.162 e. The van der Waals surface area contributed by atoms with E-state index in [0.29, 0.717) is 12.1 Å². The van der Waals surface area contributed by atoms with Crippen molar-refractivity contribution < 1.29 is 10.2 Å². The third-order valence-corrected chi connectivity index (χ3v) is 2.41. The van der Waals surface area contributed by atoms with Crippen molar-refractivity contribution in [3.8, 4) is 11.5 Å². The molecule has 6 N–H and O–H groups in total. The number of hydrogen-bond donors (Lipinski definition) is 4. The van der Waals surface area contributed by atoms with Gasteiger partial charge in [-0.25, -0.2) is 0 Å². The molecular weight excluding hydrogens is 228 g/mol. The van der Waals surface area contributed by atoms with Crippen LogP contribution in [0.3, 0.4) is 0 Å². The first-order valence-corrected chi connectivity index (χ1v) is 5.13. The summed E-state index contributed by atoms with van der Waals surface area (Å²) in [5.41, 5.74) is 11.9. The van der Waals surface area contributed by atoms with Crippen LogP contribution in [0.15, 0.2) is 18.2 Å². The topological polar surface area (TPSA) is 92.5 Å². The van der Waals surface area contributed by atoms with E-state index in [9.17, 15) is 10.2 Å². The molecule has 0 aliphatic carbocycles. The average Bonchev–Trinajstić information content (AvgIpc) is 2.22. The average molecular weight is 247 g/mol. The zero-order chi connectivity index (χ0) is 11.3. The molecule has 0 bridgehead atoms. The van der Waals surface area contributed by atoms with Gasteiger partial charge in [-0.2, -0.15) is 0 Å².